The lowest BCUT2D eigenvalue weighted by molar-refractivity contribution is 0.112. The van der Waals surface area contributed by atoms with Gasteiger partial charge in [-0.1, -0.05) is 25.5 Å². The summed E-state index contributed by atoms with van der Waals surface area (Å²) in [5.41, 5.74) is 3.62. The summed E-state index contributed by atoms with van der Waals surface area (Å²) in [6, 6.07) is 8.27. The minimum absolute atomic E-state index is 0.477. The third kappa shape index (κ3) is 5.85. The summed E-state index contributed by atoms with van der Waals surface area (Å²) in [6.07, 6.45) is 4.59. The van der Waals surface area contributed by atoms with Gasteiger partial charge in [0.1, 0.15) is 0 Å². The van der Waals surface area contributed by atoms with Crippen molar-refractivity contribution in [2.45, 2.75) is 33.6 Å². The van der Waals surface area contributed by atoms with E-state index in [1.807, 2.05) is 14.1 Å². The summed E-state index contributed by atoms with van der Waals surface area (Å²) in [5, 5.41) is 8.74. The molecule has 1 aliphatic heterocycles. The maximum Gasteiger partial charge on any atom is 0.247 e. The molecule has 0 radical (unpaired) electrons. The molecule has 2 heterocycles. The predicted molar refractivity (Wildman–Crippen MR) is 135 cm³/mol. The van der Waals surface area contributed by atoms with Crippen molar-refractivity contribution in [3.05, 3.63) is 41.8 Å². The van der Waals surface area contributed by atoms with Gasteiger partial charge in [0.15, 0.2) is 0 Å². The lowest BCUT2D eigenvalue weighted by Crippen LogP contribution is -2.47. The van der Waals surface area contributed by atoms with E-state index in [1.165, 1.54) is 44.7 Å². The van der Waals surface area contributed by atoms with Crippen LogP contribution in [0, 0.1) is 23.7 Å². The zero-order valence-corrected chi connectivity index (χ0v) is 21.3. The molecular formula is C27H41N5O. The van der Waals surface area contributed by atoms with Crippen LogP contribution >= 0.6 is 0 Å². The average Bonchev–Trinajstić information content (AvgIpc) is 3.25. The summed E-state index contributed by atoms with van der Waals surface area (Å²) in [5.74, 6) is 3.84. The van der Waals surface area contributed by atoms with Crippen LogP contribution in [0.2, 0.25) is 0 Å². The molecule has 1 aromatic heterocycles. The van der Waals surface area contributed by atoms with Crippen LogP contribution in [0.4, 0.5) is 5.69 Å². The van der Waals surface area contributed by atoms with Crippen LogP contribution in [0.15, 0.2) is 40.3 Å². The van der Waals surface area contributed by atoms with Crippen molar-refractivity contribution in [2.24, 2.45) is 23.7 Å². The molecule has 2 aromatic rings. The number of hydrogen-bond donors (Lipinski definition) is 0. The molecule has 3 atom stereocenters. The number of rotatable bonds is 7. The minimum Gasteiger partial charge on any atom is -0.421 e. The second-order valence-electron chi connectivity index (χ2n) is 10.7. The van der Waals surface area contributed by atoms with E-state index in [0.717, 1.165) is 23.6 Å². The Morgan fingerprint density at radius 2 is 1.76 bits per heavy atom. The normalized spacial score (nSPS) is 24.8. The molecular weight excluding hydrogens is 410 g/mol. The van der Waals surface area contributed by atoms with Crippen LogP contribution < -0.4 is 4.90 Å². The molecule has 33 heavy (non-hydrogen) atoms. The molecule has 0 amide bonds. The van der Waals surface area contributed by atoms with Gasteiger partial charge in [0.2, 0.25) is 11.8 Å². The number of hydrogen-bond acceptors (Lipinski definition) is 6. The van der Waals surface area contributed by atoms with E-state index in [2.05, 4.69) is 83.1 Å². The fourth-order valence-electron chi connectivity index (χ4n) is 5.38. The van der Waals surface area contributed by atoms with Crippen molar-refractivity contribution in [1.82, 2.24) is 20.0 Å². The van der Waals surface area contributed by atoms with Gasteiger partial charge in [-0.3, -0.25) is 0 Å². The predicted octanol–water partition coefficient (Wildman–Crippen LogP) is 4.45. The largest absolute Gasteiger partial charge is 0.421 e. The molecule has 0 unspecified atom stereocenters. The summed E-state index contributed by atoms with van der Waals surface area (Å²) in [6.45, 7) is 13.0. The van der Waals surface area contributed by atoms with Crippen molar-refractivity contribution in [2.75, 3.05) is 58.8 Å². The zero-order valence-electron chi connectivity index (χ0n) is 21.3. The van der Waals surface area contributed by atoms with Gasteiger partial charge in [-0.15, -0.1) is 10.2 Å². The summed E-state index contributed by atoms with van der Waals surface area (Å²) in [7, 11) is 6.31. The van der Waals surface area contributed by atoms with E-state index >= 15 is 0 Å². The van der Waals surface area contributed by atoms with E-state index < -0.39 is 0 Å². The van der Waals surface area contributed by atoms with Gasteiger partial charge in [-0.25, -0.2) is 0 Å². The molecule has 180 valence electrons. The highest BCUT2D eigenvalue weighted by Gasteiger charge is 2.33. The molecule has 1 aromatic carbocycles. The smallest absolute Gasteiger partial charge is 0.247 e. The monoisotopic (exact) mass is 451 g/mol. The van der Waals surface area contributed by atoms with E-state index in [4.69, 9.17) is 4.42 Å². The highest BCUT2D eigenvalue weighted by Crippen LogP contribution is 2.39. The number of nitrogens with zero attached hydrogens (tertiary/aromatic N) is 5. The lowest BCUT2D eigenvalue weighted by Gasteiger charge is -2.41. The number of anilines is 1. The Morgan fingerprint density at radius 3 is 2.39 bits per heavy atom. The van der Waals surface area contributed by atoms with Gasteiger partial charge in [-0.2, -0.15) is 0 Å². The topological polar surface area (TPSA) is 48.6 Å². The van der Waals surface area contributed by atoms with Gasteiger partial charge < -0.3 is 19.1 Å². The lowest BCUT2D eigenvalue weighted by atomic mass is 9.69. The van der Waals surface area contributed by atoms with Crippen LogP contribution in [-0.2, 0) is 6.42 Å². The number of aromatic nitrogens is 2. The first kappa shape index (κ1) is 24.0. The van der Waals surface area contributed by atoms with Gasteiger partial charge >= 0.3 is 0 Å². The van der Waals surface area contributed by atoms with Crippen molar-refractivity contribution < 1.29 is 4.42 Å². The Hall–Kier alpha value is -2.18. The molecule has 1 aliphatic carbocycles. The highest BCUT2D eigenvalue weighted by atomic mass is 16.4. The first-order valence-corrected chi connectivity index (χ1v) is 12.5. The van der Waals surface area contributed by atoms with Crippen LogP contribution in [0.25, 0.3) is 11.5 Å². The second-order valence-corrected chi connectivity index (χ2v) is 10.7. The zero-order chi connectivity index (χ0) is 23.5. The molecule has 2 aliphatic rings. The molecule has 0 bridgehead atoms. The third-order valence-corrected chi connectivity index (χ3v) is 7.67. The Kier molecular flexibility index (Phi) is 7.55. The Labute approximate surface area is 199 Å². The standard InChI is InChI=1S/C27H41N5O/c1-19(2)25-16-22(20(3)15-23(25)18-32-13-11-31(6)12-14-32)17-26-28-29-27(33-26)21-7-9-24(10-8-21)30(4)5/h7-10,15,19,22-23,25H,11-14,16-18H2,1-6H3/t22-,23-,25-/m0/s1. The van der Waals surface area contributed by atoms with Gasteiger partial charge in [0.25, 0.3) is 0 Å². The minimum atomic E-state index is 0.477. The quantitative estimate of drug-likeness (QED) is 0.580. The van der Waals surface area contributed by atoms with Gasteiger partial charge in [0, 0.05) is 64.5 Å². The van der Waals surface area contributed by atoms with Crippen LogP contribution in [0.1, 0.15) is 33.1 Å². The van der Waals surface area contributed by atoms with Crippen LogP contribution in [0.5, 0.6) is 0 Å². The van der Waals surface area contributed by atoms with Crippen molar-refractivity contribution >= 4 is 5.69 Å². The van der Waals surface area contributed by atoms with E-state index in [9.17, 15) is 0 Å². The molecule has 6 nitrogen and oxygen atoms in total. The SMILES string of the molecule is CC1=C[C@@H](CN2CCN(C)CC2)[C@H](C(C)C)C[C@H]1Cc1nnc(-c2ccc(N(C)C)cc2)o1. The van der Waals surface area contributed by atoms with E-state index in [-0.39, 0.29) is 0 Å². The number of allylic oxidation sites excluding steroid dienone is 1. The Balaban J connectivity index is 1.43. The summed E-state index contributed by atoms with van der Waals surface area (Å²) >= 11 is 0. The van der Waals surface area contributed by atoms with Gasteiger partial charge in [-0.05, 0) is 68.3 Å². The maximum absolute atomic E-state index is 6.10. The van der Waals surface area contributed by atoms with E-state index in [1.54, 1.807) is 0 Å². The van der Waals surface area contributed by atoms with Crippen LogP contribution in [0.3, 0.4) is 0 Å². The molecule has 0 N–H and O–H groups in total. The number of likely N-dealkylation sites (N-methyl/N-ethyl adjacent to an activating group) is 1. The highest BCUT2D eigenvalue weighted by molar-refractivity contribution is 5.58. The van der Waals surface area contributed by atoms with Crippen molar-refractivity contribution in [1.29, 1.82) is 0 Å². The average molecular weight is 452 g/mol. The van der Waals surface area contributed by atoms with Crippen LogP contribution in [-0.4, -0.2) is 73.9 Å². The number of benzene rings is 1. The maximum atomic E-state index is 6.10. The molecule has 4 rings (SSSR count). The van der Waals surface area contributed by atoms with Crippen molar-refractivity contribution in [3.8, 4) is 11.5 Å². The summed E-state index contributed by atoms with van der Waals surface area (Å²) in [4.78, 5) is 7.18. The summed E-state index contributed by atoms with van der Waals surface area (Å²) < 4.78 is 6.10. The third-order valence-electron chi connectivity index (χ3n) is 7.67. The molecule has 0 spiro atoms. The van der Waals surface area contributed by atoms with Gasteiger partial charge in [0.05, 0.1) is 0 Å². The molecule has 1 saturated heterocycles. The van der Waals surface area contributed by atoms with E-state index in [0.29, 0.717) is 29.6 Å². The molecule has 6 heteroatoms. The number of piperazine rings is 1. The van der Waals surface area contributed by atoms with Crippen molar-refractivity contribution in [3.63, 3.8) is 0 Å². The Morgan fingerprint density at radius 1 is 1.06 bits per heavy atom. The second kappa shape index (κ2) is 10.4. The fraction of sp³-hybridized carbons (Fsp3) is 0.630. The first-order chi connectivity index (χ1) is 15.8. The fourth-order valence-corrected chi connectivity index (χ4v) is 5.38. The molecule has 0 saturated carbocycles. The first-order valence-electron chi connectivity index (χ1n) is 12.5. The molecule has 1 fully saturated rings. The Bertz CT molecular complexity index is 924.